The van der Waals surface area contributed by atoms with Crippen LogP contribution in [0.4, 0.5) is 5.95 Å². The quantitative estimate of drug-likeness (QED) is 0.757. The molecule has 10 heteroatoms. The van der Waals surface area contributed by atoms with Crippen LogP contribution in [-0.2, 0) is 14.3 Å². The minimum atomic E-state index is -0.785. The summed E-state index contributed by atoms with van der Waals surface area (Å²) in [6.07, 6.45) is 0. The third-order valence-corrected chi connectivity index (χ3v) is 3.81. The molecule has 130 valence electrons. The van der Waals surface area contributed by atoms with Crippen molar-refractivity contribution in [3.8, 4) is 11.5 Å². The van der Waals surface area contributed by atoms with E-state index in [1.807, 2.05) is 0 Å². The maximum Gasteiger partial charge on any atom is 0.355 e. The number of benzene rings is 1. The van der Waals surface area contributed by atoms with Crippen molar-refractivity contribution in [3.63, 3.8) is 0 Å². The average molecular weight is 345 g/mol. The first kappa shape index (κ1) is 16.4. The molecule has 10 nitrogen and oxygen atoms in total. The Kier molecular flexibility index (Phi) is 4.09. The molecule has 2 heterocycles. The zero-order valence-electron chi connectivity index (χ0n) is 13.7. The average Bonchev–Trinajstić information content (AvgIpc) is 3.08. The van der Waals surface area contributed by atoms with E-state index in [0.717, 1.165) is 0 Å². The van der Waals surface area contributed by atoms with Crippen molar-refractivity contribution in [3.05, 3.63) is 35.0 Å². The first-order chi connectivity index (χ1) is 12.0. The molecule has 0 aliphatic carbocycles. The number of fused-ring (bicyclic) bond motifs is 1. The molecule has 25 heavy (non-hydrogen) atoms. The van der Waals surface area contributed by atoms with E-state index in [0.29, 0.717) is 5.56 Å². The van der Waals surface area contributed by atoms with Gasteiger partial charge in [-0.1, -0.05) is 11.2 Å². The lowest BCUT2D eigenvalue weighted by Gasteiger charge is -2.27. The lowest BCUT2D eigenvalue weighted by molar-refractivity contribution is -0.136. The number of Topliss-reactive ketones (excluding diaryl/α,β-unsaturated/α-hetero) is 1. The second-order valence-corrected chi connectivity index (χ2v) is 5.24. The summed E-state index contributed by atoms with van der Waals surface area (Å²) >= 11 is 0. The second-order valence-electron chi connectivity index (χ2n) is 5.24. The van der Waals surface area contributed by atoms with Crippen LogP contribution in [0.2, 0.25) is 0 Å². The van der Waals surface area contributed by atoms with Crippen LogP contribution in [0.15, 0.2) is 29.5 Å². The number of tetrazole rings is 1. The standard InChI is InChI=1S/C15H15N5O5/c1-7(21)11-12(14(23)25-3)16-15-17-18-19-20(15)13(11)8-4-5-9(22)10(6-8)24-2/h4-6,13,22H,1-3H3,(H,16,17,19). The third kappa shape index (κ3) is 2.67. The van der Waals surface area contributed by atoms with Crippen molar-refractivity contribution in [2.45, 2.75) is 13.0 Å². The fraction of sp³-hybridized carbons (Fsp3) is 0.267. The third-order valence-electron chi connectivity index (χ3n) is 3.81. The largest absolute Gasteiger partial charge is 0.504 e. The van der Waals surface area contributed by atoms with Gasteiger partial charge in [0.1, 0.15) is 11.7 Å². The number of hydrogen-bond acceptors (Lipinski definition) is 9. The van der Waals surface area contributed by atoms with Gasteiger partial charge in [0.2, 0.25) is 5.95 Å². The molecular formula is C15H15N5O5. The molecule has 1 aliphatic heterocycles. The van der Waals surface area contributed by atoms with E-state index in [-0.39, 0.29) is 34.5 Å². The maximum absolute atomic E-state index is 12.3. The van der Waals surface area contributed by atoms with E-state index in [4.69, 9.17) is 9.47 Å². The van der Waals surface area contributed by atoms with Crippen LogP contribution in [0.1, 0.15) is 18.5 Å². The molecule has 2 N–H and O–H groups in total. The van der Waals surface area contributed by atoms with Crippen molar-refractivity contribution in [2.24, 2.45) is 0 Å². The summed E-state index contributed by atoms with van der Waals surface area (Å²) in [5, 5.41) is 23.8. The molecule has 0 spiro atoms. The summed E-state index contributed by atoms with van der Waals surface area (Å²) < 4.78 is 11.2. The summed E-state index contributed by atoms with van der Waals surface area (Å²) in [6.45, 7) is 1.33. The van der Waals surface area contributed by atoms with Gasteiger partial charge >= 0.3 is 5.97 Å². The number of carbonyl (C=O) groups excluding carboxylic acids is 2. The van der Waals surface area contributed by atoms with Gasteiger partial charge in [-0.25, -0.2) is 4.79 Å². The van der Waals surface area contributed by atoms with E-state index in [1.54, 1.807) is 12.1 Å². The summed E-state index contributed by atoms with van der Waals surface area (Å²) in [5.74, 6) is -0.726. The number of rotatable bonds is 4. The van der Waals surface area contributed by atoms with Gasteiger partial charge in [-0.15, -0.1) is 0 Å². The Morgan fingerprint density at radius 1 is 1.32 bits per heavy atom. The lowest BCUT2D eigenvalue weighted by atomic mass is 9.92. The summed E-state index contributed by atoms with van der Waals surface area (Å²) in [6, 6.07) is 3.79. The van der Waals surface area contributed by atoms with Gasteiger partial charge < -0.3 is 19.9 Å². The summed E-state index contributed by atoms with van der Waals surface area (Å²) in [5.41, 5.74) is 0.657. The Labute approximate surface area is 142 Å². The fourth-order valence-corrected chi connectivity index (χ4v) is 2.69. The monoisotopic (exact) mass is 345 g/mol. The zero-order valence-corrected chi connectivity index (χ0v) is 13.7. The van der Waals surface area contributed by atoms with Crippen molar-refractivity contribution < 1.29 is 24.2 Å². The van der Waals surface area contributed by atoms with Crippen LogP contribution in [-0.4, -0.2) is 51.3 Å². The first-order valence-electron chi connectivity index (χ1n) is 7.23. The van der Waals surface area contributed by atoms with Crippen molar-refractivity contribution in [1.82, 2.24) is 20.2 Å². The molecule has 3 rings (SSSR count). The van der Waals surface area contributed by atoms with E-state index < -0.39 is 12.0 Å². The van der Waals surface area contributed by atoms with Gasteiger partial charge in [0.15, 0.2) is 17.3 Å². The molecular weight excluding hydrogens is 330 g/mol. The molecule has 0 amide bonds. The highest BCUT2D eigenvalue weighted by Crippen LogP contribution is 2.38. The normalized spacial score (nSPS) is 16.0. The van der Waals surface area contributed by atoms with Crippen LogP contribution in [0.5, 0.6) is 11.5 Å². The minimum absolute atomic E-state index is 0.0330. The Morgan fingerprint density at radius 3 is 2.72 bits per heavy atom. The highest BCUT2D eigenvalue weighted by atomic mass is 16.5. The number of aromatic nitrogens is 4. The van der Waals surface area contributed by atoms with Crippen molar-refractivity contribution >= 4 is 17.7 Å². The molecule has 0 saturated heterocycles. The summed E-state index contributed by atoms with van der Waals surface area (Å²) in [7, 11) is 2.62. The molecule has 0 fully saturated rings. The van der Waals surface area contributed by atoms with E-state index in [9.17, 15) is 14.7 Å². The van der Waals surface area contributed by atoms with Crippen LogP contribution in [0.3, 0.4) is 0 Å². The van der Waals surface area contributed by atoms with Crippen molar-refractivity contribution in [2.75, 3.05) is 19.5 Å². The van der Waals surface area contributed by atoms with Crippen molar-refractivity contribution in [1.29, 1.82) is 0 Å². The number of aromatic hydroxyl groups is 1. The smallest absolute Gasteiger partial charge is 0.355 e. The predicted molar refractivity (Wildman–Crippen MR) is 84.0 cm³/mol. The van der Waals surface area contributed by atoms with Gasteiger partial charge in [-0.3, -0.25) is 4.79 Å². The van der Waals surface area contributed by atoms with Crippen LogP contribution in [0, 0.1) is 0 Å². The molecule has 0 saturated carbocycles. The van der Waals surface area contributed by atoms with Gasteiger partial charge in [-0.05, 0) is 35.0 Å². The van der Waals surface area contributed by atoms with E-state index in [2.05, 4.69) is 20.8 Å². The number of hydrogen-bond donors (Lipinski definition) is 2. The number of nitrogens with zero attached hydrogens (tertiary/aromatic N) is 4. The number of ether oxygens (including phenoxy) is 2. The second kappa shape index (κ2) is 6.23. The number of phenolic OH excluding ortho intramolecular Hbond substituents is 1. The Hall–Kier alpha value is -3.43. The Morgan fingerprint density at radius 2 is 2.08 bits per heavy atom. The van der Waals surface area contributed by atoms with E-state index >= 15 is 0 Å². The molecule has 1 aromatic heterocycles. The van der Waals surface area contributed by atoms with Crippen LogP contribution in [0.25, 0.3) is 0 Å². The maximum atomic E-state index is 12.3. The molecule has 1 atom stereocenters. The number of nitrogens with one attached hydrogen (secondary N) is 1. The highest BCUT2D eigenvalue weighted by molar-refractivity contribution is 6.06. The van der Waals surface area contributed by atoms with Gasteiger partial charge in [0.25, 0.3) is 0 Å². The SMILES string of the molecule is COC(=O)C1=C(C(C)=O)C(c2ccc(O)c(OC)c2)n2nnnc2N1. The van der Waals surface area contributed by atoms with Gasteiger partial charge in [-0.2, -0.15) is 4.68 Å². The number of esters is 1. The predicted octanol–water partition coefficient (Wildman–Crippen LogP) is 0.418. The number of carbonyl (C=O) groups is 2. The topological polar surface area (TPSA) is 128 Å². The fourth-order valence-electron chi connectivity index (χ4n) is 2.69. The van der Waals surface area contributed by atoms with Gasteiger partial charge in [0, 0.05) is 0 Å². The number of phenols is 1. The first-order valence-corrected chi connectivity index (χ1v) is 7.23. The summed E-state index contributed by atoms with van der Waals surface area (Å²) in [4.78, 5) is 24.4. The Bertz CT molecular complexity index is 888. The number of allylic oxidation sites excluding steroid dienone is 1. The molecule has 1 aliphatic rings. The molecule has 1 aromatic carbocycles. The molecule has 2 aromatic rings. The number of ketones is 1. The minimum Gasteiger partial charge on any atom is -0.504 e. The number of anilines is 1. The molecule has 1 unspecified atom stereocenters. The lowest BCUT2D eigenvalue weighted by Crippen LogP contribution is -2.32. The highest BCUT2D eigenvalue weighted by Gasteiger charge is 2.37. The van der Waals surface area contributed by atoms with Gasteiger partial charge in [0.05, 0.1) is 19.8 Å². The zero-order chi connectivity index (χ0) is 18.1. The van der Waals surface area contributed by atoms with E-state index in [1.165, 1.54) is 31.9 Å². The van der Waals surface area contributed by atoms with Crippen LogP contribution < -0.4 is 10.1 Å². The molecule has 0 radical (unpaired) electrons. The molecule has 0 bridgehead atoms. The van der Waals surface area contributed by atoms with Crippen LogP contribution >= 0.6 is 0 Å². The Balaban J connectivity index is 2.25. The number of methoxy groups -OCH3 is 2.